The summed E-state index contributed by atoms with van der Waals surface area (Å²) < 4.78 is 42.5. The van der Waals surface area contributed by atoms with Crippen LogP contribution in [-0.4, -0.2) is 69.3 Å². The highest BCUT2D eigenvalue weighted by Crippen LogP contribution is 2.29. The van der Waals surface area contributed by atoms with Crippen molar-refractivity contribution in [3.05, 3.63) is 0 Å². The summed E-state index contributed by atoms with van der Waals surface area (Å²) >= 11 is 0. The third-order valence-electron chi connectivity index (χ3n) is 4.71. The lowest BCUT2D eigenvalue weighted by molar-refractivity contribution is -0.157. The quantitative estimate of drug-likeness (QED) is 0.732. The van der Waals surface area contributed by atoms with Crippen LogP contribution < -0.4 is 10.6 Å². The van der Waals surface area contributed by atoms with E-state index < -0.39 is 24.5 Å². The Balaban J connectivity index is 1.87. The summed E-state index contributed by atoms with van der Waals surface area (Å²) in [7, 11) is 1.61. The molecule has 2 aliphatic rings. The number of alkyl halides is 3. The van der Waals surface area contributed by atoms with Gasteiger partial charge >= 0.3 is 6.18 Å². The number of ether oxygens (including phenoxy) is 1. The number of nitrogens with zero attached hydrogens (tertiary/aromatic N) is 1. The van der Waals surface area contributed by atoms with Crippen molar-refractivity contribution in [2.24, 2.45) is 11.3 Å². The van der Waals surface area contributed by atoms with E-state index in [4.69, 9.17) is 4.74 Å². The van der Waals surface area contributed by atoms with Gasteiger partial charge in [0.2, 0.25) is 11.8 Å². The van der Waals surface area contributed by atoms with E-state index in [1.165, 1.54) is 0 Å². The molecule has 0 saturated carbocycles. The molecule has 2 N–H and O–H groups in total. The number of rotatable bonds is 6. The summed E-state index contributed by atoms with van der Waals surface area (Å²) in [5.41, 5.74) is -0.163. The van der Waals surface area contributed by atoms with Gasteiger partial charge in [0.15, 0.2) is 0 Å². The van der Waals surface area contributed by atoms with Gasteiger partial charge in [-0.25, -0.2) is 0 Å². The number of methoxy groups -OCH3 is 1. The zero-order valence-corrected chi connectivity index (χ0v) is 13.7. The average molecular weight is 351 g/mol. The van der Waals surface area contributed by atoms with Crippen LogP contribution in [0.5, 0.6) is 0 Å². The average Bonchev–Trinajstić information content (AvgIpc) is 2.85. The summed E-state index contributed by atoms with van der Waals surface area (Å²) in [4.78, 5) is 24.6. The largest absolute Gasteiger partial charge is 0.406 e. The first-order chi connectivity index (χ1) is 11.2. The van der Waals surface area contributed by atoms with Crippen molar-refractivity contribution in [2.45, 2.75) is 25.4 Å². The van der Waals surface area contributed by atoms with Crippen molar-refractivity contribution in [3.8, 4) is 0 Å². The number of halogens is 3. The summed E-state index contributed by atoms with van der Waals surface area (Å²) in [6.45, 7) is 1.11. The van der Waals surface area contributed by atoms with Gasteiger partial charge in [-0.15, -0.1) is 0 Å². The molecular weight excluding hydrogens is 327 g/mol. The van der Waals surface area contributed by atoms with E-state index in [-0.39, 0.29) is 24.3 Å². The van der Waals surface area contributed by atoms with Gasteiger partial charge in [-0.3, -0.25) is 9.59 Å². The molecule has 0 aliphatic carbocycles. The van der Waals surface area contributed by atoms with Crippen molar-refractivity contribution in [1.29, 1.82) is 0 Å². The second kappa shape index (κ2) is 7.69. The molecule has 0 aromatic heterocycles. The van der Waals surface area contributed by atoms with E-state index in [0.29, 0.717) is 18.1 Å². The number of hydrogen-bond donors (Lipinski definition) is 2. The molecule has 2 saturated heterocycles. The van der Waals surface area contributed by atoms with Crippen molar-refractivity contribution in [1.82, 2.24) is 15.5 Å². The molecule has 138 valence electrons. The van der Waals surface area contributed by atoms with Gasteiger partial charge < -0.3 is 20.3 Å². The van der Waals surface area contributed by atoms with Gasteiger partial charge in [-0.1, -0.05) is 0 Å². The predicted molar refractivity (Wildman–Crippen MR) is 80.2 cm³/mol. The van der Waals surface area contributed by atoms with Crippen LogP contribution in [0.3, 0.4) is 0 Å². The zero-order chi connectivity index (χ0) is 17.8. The van der Waals surface area contributed by atoms with Gasteiger partial charge in [0.05, 0.1) is 12.5 Å². The van der Waals surface area contributed by atoms with E-state index in [0.717, 1.165) is 25.9 Å². The number of carbonyl (C=O) groups is 2. The molecule has 2 amide bonds. The molecular formula is C15H24F3N3O3. The van der Waals surface area contributed by atoms with Crippen LogP contribution in [-0.2, 0) is 14.3 Å². The highest BCUT2D eigenvalue weighted by Gasteiger charge is 2.41. The van der Waals surface area contributed by atoms with Crippen molar-refractivity contribution in [3.63, 3.8) is 0 Å². The maximum Gasteiger partial charge on any atom is 0.406 e. The Kier molecular flexibility index (Phi) is 6.08. The van der Waals surface area contributed by atoms with Gasteiger partial charge in [-0.05, 0) is 25.9 Å². The Labute approximate surface area is 139 Å². The van der Waals surface area contributed by atoms with E-state index in [2.05, 4.69) is 10.6 Å². The lowest BCUT2D eigenvalue weighted by Crippen LogP contribution is -2.48. The number of piperidine rings is 1. The van der Waals surface area contributed by atoms with Gasteiger partial charge in [0.25, 0.3) is 0 Å². The van der Waals surface area contributed by atoms with Crippen LogP contribution in [0.4, 0.5) is 13.2 Å². The Morgan fingerprint density at radius 1 is 1.42 bits per heavy atom. The van der Waals surface area contributed by atoms with E-state index >= 15 is 0 Å². The van der Waals surface area contributed by atoms with Crippen molar-refractivity contribution in [2.75, 3.05) is 46.4 Å². The highest BCUT2D eigenvalue weighted by atomic mass is 19.4. The maximum absolute atomic E-state index is 12.4. The SMILES string of the molecule is COCC1(CNC(=O)C2CC(=O)N(CC(F)(F)F)C2)CCNCC1. The van der Waals surface area contributed by atoms with Crippen LogP contribution >= 0.6 is 0 Å². The zero-order valence-electron chi connectivity index (χ0n) is 13.7. The number of likely N-dealkylation sites (tertiary alicyclic amines) is 1. The molecule has 24 heavy (non-hydrogen) atoms. The van der Waals surface area contributed by atoms with Crippen LogP contribution in [0.2, 0.25) is 0 Å². The third-order valence-corrected chi connectivity index (χ3v) is 4.71. The Hall–Kier alpha value is -1.35. The van der Waals surface area contributed by atoms with E-state index in [1.54, 1.807) is 7.11 Å². The van der Waals surface area contributed by atoms with Crippen LogP contribution in [0.25, 0.3) is 0 Å². The lowest BCUT2D eigenvalue weighted by Gasteiger charge is -2.37. The molecule has 0 aromatic carbocycles. The number of amides is 2. The van der Waals surface area contributed by atoms with E-state index in [1.807, 2.05) is 0 Å². The minimum atomic E-state index is -4.45. The first-order valence-electron chi connectivity index (χ1n) is 8.07. The van der Waals surface area contributed by atoms with Crippen molar-refractivity contribution >= 4 is 11.8 Å². The molecule has 2 fully saturated rings. The molecule has 0 bridgehead atoms. The molecule has 9 heteroatoms. The summed E-state index contributed by atoms with van der Waals surface area (Å²) in [5, 5.41) is 6.06. The Morgan fingerprint density at radius 3 is 2.67 bits per heavy atom. The molecule has 0 radical (unpaired) electrons. The predicted octanol–water partition coefficient (Wildman–Crippen LogP) is 0.530. The molecule has 1 atom stereocenters. The van der Waals surface area contributed by atoms with Crippen LogP contribution in [0.1, 0.15) is 19.3 Å². The lowest BCUT2D eigenvalue weighted by atomic mass is 9.79. The normalized spacial score (nSPS) is 24.2. The molecule has 2 rings (SSSR count). The minimum absolute atomic E-state index is 0.163. The smallest absolute Gasteiger partial charge is 0.384 e. The van der Waals surface area contributed by atoms with Crippen molar-refractivity contribution < 1.29 is 27.5 Å². The van der Waals surface area contributed by atoms with E-state index in [9.17, 15) is 22.8 Å². The summed E-state index contributed by atoms with van der Waals surface area (Å²) in [6, 6.07) is 0. The van der Waals surface area contributed by atoms with Gasteiger partial charge in [0, 0.05) is 32.0 Å². The second-order valence-corrected chi connectivity index (χ2v) is 6.69. The summed E-state index contributed by atoms with van der Waals surface area (Å²) in [5.74, 6) is -1.70. The minimum Gasteiger partial charge on any atom is -0.384 e. The molecule has 0 aromatic rings. The topological polar surface area (TPSA) is 70.7 Å². The molecule has 2 aliphatic heterocycles. The molecule has 6 nitrogen and oxygen atoms in total. The number of hydrogen-bond acceptors (Lipinski definition) is 4. The Morgan fingerprint density at radius 2 is 2.08 bits per heavy atom. The Bertz CT molecular complexity index is 459. The first kappa shape index (κ1) is 19.0. The summed E-state index contributed by atoms with van der Waals surface area (Å²) in [6.07, 6.45) is -2.91. The first-order valence-corrected chi connectivity index (χ1v) is 8.07. The monoisotopic (exact) mass is 351 g/mol. The second-order valence-electron chi connectivity index (χ2n) is 6.69. The fraction of sp³-hybridized carbons (Fsp3) is 0.867. The van der Waals surface area contributed by atoms with Gasteiger partial charge in [0.1, 0.15) is 6.54 Å². The third kappa shape index (κ3) is 5.07. The molecule has 0 spiro atoms. The highest BCUT2D eigenvalue weighted by molar-refractivity contribution is 5.89. The number of carbonyl (C=O) groups excluding carboxylic acids is 2. The maximum atomic E-state index is 12.4. The van der Waals surface area contributed by atoms with Gasteiger partial charge in [-0.2, -0.15) is 13.2 Å². The standard InChI is InChI=1S/C15H24F3N3O3/c1-24-10-14(2-4-19-5-3-14)8-20-13(23)11-6-12(22)21(7-11)9-15(16,17)18/h11,19H,2-10H2,1H3,(H,20,23). The molecule has 2 heterocycles. The van der Waals surface area contributed by atoms with Crippen LogP contribution in [0.15, 0.2) is 0 Å². The molecule has 1 unspecified atom stereocenters. The fourth-order valence-corrected chi connectivity index (χ4v) is 3.37. The van der Waals surface area contributed by atoms with Crippen LogP contribution in [0, 0.1) is 11.3 Å². The number of nitrogens with one attached hydrogen (secondary N) is 2. The fourth-order valence-electron chi connectivity index (χ4n) is 3.37.